The molecule has 1 aliphatic heterocycles. The Balaban J connectivity index is 1.52. The monoisotopic (exact) mass is 387 g/mol. The molecule has 0 bridgehead atoms. The lowest BCUT2D eigenvalue weighted by Crippen LogP contribution is -2.30. The number of hydrogen-bond acceptors (Lipinski definition) is 6. The van der Waals surface area contributed by atoms with E-state index in [1.807, 2.05) is 29.3 Å². The van der Waals surface area contributed by atoms with Gasteiger partial charge in [-0.05, 0) is 38.0 Å². The lowest BCUT2D eigenvalue weighted by Gasteiger charge is -2.23. The number of aryl methyl sites for hydroxylation is 1. The zero-order valence-corrected chi connectivity index (χ0v) is 15.7. The Morgan fingerprint density at radius 3 is 2.96 bits per heavy atom. The van der Waals surface area contributed by atoms with Crippen LogP contribution in [0.3, 0.4) is 0 Å². The fraction of sp³-hybridized carbons (Fsp3) is 0.278. The highest BCUT2D eigenvalue weighted by atomic mass is 32.1. The summed E-state index contributed by atoms with van der Waals surface area (Å²) >= 11 is 2.80. The number of rotatable bonds is 4. The summed E-state index contributed by atoms with van der Waals surface area (Å²) in [6, 6.07) is 5.53. The fourth-order valence-electron chi connectivity index (χ4n) is 3.13. The first kappa shape index (κ1) is 17.0. The number of likely N-dealkylation sites (tertiary alicyclic amines) is 1. The van der Waals surface area contributed by atoms with Crippen LogP contribution in [0.2, 0.25) is 0 Å². The van der Waals surface area contributed by atoms with Crippen LogP contribution < -0.4 is 5.32 Å². The van der Waals surface area contributed by atoms with Gasteiger partial charge >= 0.3 is 0 Å². The van der Waals surface area contributed by atoms with Gasteiger partial charge < -0.3 is 9.32 Å². The van der Waals surface area contributed by atoms with E-state index in [0.717, 1.165) is 23.3 Å². The largest absolute Gasteiger partial charge is 0.459 e. The number of thiazole rings is 1. The van der Waals surface area contributed by atoms with Gasteiger partial charge in [-0.25, -0.2) is 4.98 Å². The molecule has 8 heteroatoms. The molecule has 26 heavy (non-hydrogen) atoms. The van der Waals surface area contributed by atoms with Gasteiger partial charge in [0.1, 0.15) is 0 Å². The molecular formula is C18H17N3O3S2. The summed E-state index contributed by atoms with van der Waals surface area (Å²) in [4.78, 5) is 32.7. The molecule has 1 saturated heterocycles. The molecule has 0 unspecified atom stereocenters. The molecule has 4 rings (SSSR count). The molecule has 0 spiro atoms. The molecule has 134 valence electrons. The van der Waals surface area contributed by atoms with Crippen molar-refractivity contribution >= 4 is 39.6 Å². The van der Waals surface area contributed by atoms with Crippen LogP contribution in [0, 0.1) is 6.92 Å². The van der Waals surface area contributed by atoms with Crippen LogP contribution in [0.5, 0.6) is 0 Å². The SMILES string of the molecule is Cc1ccoc1C(=O)N1CCC[C@@H]1c1ccc(C(=O)Nc2nccs2)s1. The predicted octanol–water partition coefficient (Wildman–Crippen LogP) is 4.34. The van der Waals surface area contributed by atoms with Crippen LogP contribution in [-0.4, -0.2) is 28.2 Å². The standard InChI is InChI=1S/C18H17N3O3S2/c1-11-6-9-24-15(11)17(23)21-8-2-3-12(21)13-4-5-14(26-13)16(22)20-18-19-7-10-25-18/h4-7,9-10,12H,2-3,8H2,1H3,(H,19,20,22)/t12-/m1/s1. The van der Waals surface area contributed by atoms with E-state index >= 15 is 0 Å². The Bertz CT molecular complexity index is 929. The third-order valence-corrected chi connectivity index (χ3v) is 6.28. The molecule has 0 aliphatic carbocycles. The molecule has 3 aromatic heterocycles. The van der Waals surface area contributed by atoms with Gasteiger partial charge in [-0.2, -0.15) is 0 Å². The molecule has 1 atom stereocenters. The maximum absolute atomic E-state index is 12.8. The summed E-state index contributed by atoms with van der Waals surface area (Å²) in [6.07, 6.45) is 5.02. The number of amides is 2. The van der Waals surface area contributed by atoms with Crippen molar-refractivity contribution in [2.75, 3.05) is 11.9 Å². The summed E-state index contributed by atoms with van der Waals surface area (Å²) in [5.41, 5.74) is 0.843. The first-order valence-corrected chi connectivity index (χ1v) is 9.99. The Kier molecular flexibility index (Phi) is 4.60. The van der Waals surface area contributed by atoms with Crippen LogP contribution in [0.15, 0.2) is 40.5 Å². The van der Waals surface area contributed by atoms with E-state index in [1.165, 1.54) is 22.7 Å². The van der Waals surface area contributed by atoms with E-state index in [9.17, 15) is 9.59 Å². The van der Waals surface area contributed by atoms with Crippen molar-refractivity contribution in [2.45, 2.75) is 25.8 Å². The predicted molar refractivity (Wildman–Crippen MR) is 101 cm³/mol. The molecule has 1 N–H and O–H groups in total. The second-order valence-electron chi connectivity index (χ2n) is 6.08. The Morgan fingerprint density at radius 2 is 2.23 bits per heavy atom. The van der Waals surface area contributed by atoms with E-state index < -0.39 is 0 Å². The smallest absolute Gasteiger partial charge is 0.290 e. The summed E-state index contributed by atoms with van der Waals surface area (Å²) in [7, 11) is 0. The van der Waals surface area contributed by atoms with Gasteiger partial charge in [0.25, 0.3) is 11.8 Å². The number of nitrogens with zero attached hydrogens (tertiary/aromatic N) is 2. The normalized spacial score (nSPS) is 16.8. The van der Waals surface area contributed by atoms with Crippen molar-refractivity contribution in [1.82, 2.24) is 9.88 Å². The van der Waals surface area contributed by atoms with Crippen molar-refractivity contribution < 1.29 is 14.0 Å². The third-order valence-electron chi connectivity index (χ3n) is 4.40. The summed E-state index contributed by atoms with van der Waals surface area (Å²) in [5.74, 6) is 0.140. The summed E-state index contributed by atoms with van der Waals surface area (Å²) in [5, 5.41) is 5.18. The topological polar surface area (TPSA) is 75.4 Å². The second kappa shape index (κ2) is 7.05. The second-order valence-corrected chi connectivity index (χ2v) is 8.09. The van der Waals surface area contributed by atoms with Gasteiger partial charge in [0.05, 0.1) is 17.2 Å². The quantitative estimate of drug-likeness (QED) is 0.723. The number of nitrogens with one attached hydrogen (secondary N) is 1. The first-order chi connectivity index (χ1) is 12.6. The number of anilines is 1. The molecule has 0 aromatic carbocycles. The van der Waals surface area contributed by atoms with E-state index in [2.05, 4.69) is 10.3 Å². The van der Waals surface area contributed by atoms with Crippen LogP contribution in [0.25, 0.3) is 0 Å². The zero-order valence-electron chi connectivity index (χ0n) is 14.1. The molecule has 6 nitrogen and oxygen atoms in total. The van der Waals surface area contributed by atoms with Crippen LogP contribution in [0.4, 0.5) is 5.13 Å². The third kappa shape index (κ3) is 3.17. The minimum atomic E-state index is -0.172. The molecule has 0 saturated carbocycles. The van der Waals surface area contributed by atoms with Crippen LogP contribution >= 0.6 is 22.7 Å². The molecule has 1 fully saturated rings. The number of aromatic nitrogens is 1. The number of thiophene rings is 1. The first-order valence-electron chi connectivity index (χ1n) is 8.29. The molecule has 0 radical (unpaired) electrons. The Morgan fingerprint density at radius 1 is 1.35 bits per heavy atom. The lowest BCUT2D eigenvalue weighted by molar-refractivity contribution is 0.0704. The molecule has 2 amide bonds. The maximum atomic E-state index is 12.8. The molecular weight excluding hydrogens is 370 g/mol. The van der Waals surface area contributed by atoms with Crippen molar-refractivity contribution in [2.24, 2.45) is 0 Å². The van der Waals surface area contributed by atoms with Gasteiger partial charge in [0.15, 0.2) is 10.9 Å². The van der Waals surface area contributed by atoms with E-state index in [0.29, 0.717) is 22.3 Å². The van der Waals surface area contributed by atoms with Gasteiger partial charge in [-0.1, -0.05) is 0 Å². The van der Waals surface area contributed by atoms with Gasteiger partial charge in [-0.15, -0.1) is 22.7 Å². The fourth-order valence-corrected chi connectivity index (χ4v) is 4.70. The average molecular weight is 387 g/mol. The lowest BCUT2D eigenvalue weighted by atomic mass is 10.1. The Hall–Kier alpha value is -2.45. The zero-order chi connectivity index (χ0) is 18.1. The van der Waals surface area contributed by atoms with Gasteiger partial charge in [0, 0.05) is 28.6 Å². The molecule has 4 heterocycles. The van der Waals surface area contributed by atoms with Gasteiger partial charge in [-0.3, -0.25) is 14.9 Å². The number of furan rings is 1. The highest BCUT2D eigenvalue weighted by Crippen LogP contribution is 2.37. The molecule has 1 aliphatic rings. The number of carbonyl (C=O) groups excluding carboxylic acids is 2. The van der Waals surface area contributed by atoms with Crippen LogP contribution in [0.1, 0.15) is 49.6 Å². The number of carbonyl (C=O) groups is 2. The minimum Gasteiger partial charge on any atom is -0.459 e. The van der Waals surface area contributed by atoms with Crippen molar-refractivity contribution in [3.63, 3.8) is 0 Å². The minimum absolute atomic E-state index is 0.0154. The Labute approximate surface area is 158 Å². The van der Waals surface area contributed by atoms with Crippen molar-refractivity contribution in [1.29, 1.82) is 0 Å². The molecule has 3 aromatic rings. The van der Waals surface area contributed by atoms with E-state index in [1.54, 1.807) is 18.5 Å². The maximum Gasteiger partial charge on any atom is 0.290 e. The highest BCUT2D eigenvalue weighted by molar-refractivity contribution is 7.15. The summed E-state index contributed by atoms with van der Waals surface area (Å²) < 4.78 is 5.37. The summed E-state index contributed by atoms with van der Waals surface area (Å²) in [6.45, 7) is 2.57. The van der Waals surface area contributed by atoms with Crippen LogP contribution in [-0.2, 0) is 0 Å². The van der Waals surface area contributed by atoms with E-state index in [-0.39, 0.29) is 17.9 Å². The average Bonchev–Trinajstić information content (AvgIpc) is 3.40. The van der Waals surface area contributed by atoms with E-state index in [4.69, 9.17) is 4.42 Å². The number of hydrogen-bond donors (Lipinski definition) is 1. The van der Waals surface area contributed by atoms with Gasteiger partial charge in [0.2, 0.25) is 0 Å². The van der Waals surface area contributed by atoms with Crippen molar-refractivity contribution in [3.05, 3.63) is 57.1 Å². The van der Waals surface area contributed by atoms with Crippen molar-refractivity contribution in [3.8, 4) is 0 Å². The highest BCUT2D eigenvalue weighted by Gasteiger charge is 2.33.